The van der Waals surface area contributed by atoms with Crippen LogP contribution in [0.25, 0.3) is 0 Å². The Bertz CT molecular complexity index is 551. The number of hydrogen-bond donors (Lipinski definition) is 1. The van der Waals surface area contributed by atoms with E-state index >= 15 is 0 Å². The first kappa shape index (κ1) is 17.2. The van der Waals surface area contributed by atoms with Crippen LogP contribution in [-0.2, 0) is 4.79 Å². The first-order chi connectivity index (χ1) is 10.4. The van der Waals surface area contributed by atoms with E-state index in [-0.39, 0.29) is 11.9 Å². The molecule has 0 bridgehead atoms. The Morgan fingerprint density at radius 1 is 1.41 bits per heavy atom. The van der Waals surface area contributed by atoms with Gasteiger partial charge in [-0.2, -0.15) is 0 Å². The van der Waals surface area contributed by atoms with Crippen molar-refractivity contribution >= 4 is 17.5 Å². The molecule has 1 aromatic rings. The fraction of sp³-hybridized carbons (Fsp3) is 0.562. The van der Waals surface area contributed by atoms with Gasteiger partial charge in [0.1, 0.15) is 0 Å². The number of halogens is 3. The monoisotopic (exact) mass is 330 g/mol. The maximum absolute atomic E-state index is 13.4. The van der Waals surface area contributed by atoms with Crippen LogP contribution < -0.4 is 5.43 Å². The number of alkyl halides is 1. The molecule has 0 spiro atoms. The highest BCUT2D eigenvalue weighted by atomic mass is 35.5. The second-order valence-corrected chi connectivity index (χ2v) is 6.62. The number of nitrogens with one attached hydrogen (secondary N) is 1. The number of hydrazine groups is 1. The number of hydrogen-bond acceptors (Lipinski definition) is 2. The number of amides is 1. The molecule has 1 aromatic carbocycles. The Balaban J connectivity index is 2.19. The summed E-state index contributed by atoms with van der Waals surface area (Å²) in [6.45, 7) is 4.38. The lowest BCUT2D eigenvalue weighted by atomic mass is 9.86. The van der Waals surface area contributed by atoms with Crippen molar-refractivity contribution < 1.29 is 13.6 Å². The zero-order valence-corrected chi connectivity index (χ0v) is 13.6. The van der Waals surface area contributed by atoms with E-state index in [1.54, 1.807) is 5.01 Å². The predicted octanol–water partition coefficient (Wildman–Crippen LogP) is 3.79. The number of rotatable bonds is 5. The standard InChI is InChI=1S/C16H21ClF2N2O/c1-16(2,7-3-8-17)15(22)21-14(6-9-20-21)11-4-5-12(18)13(19)10-11/h4-5,10,14,20H,3,6-9H2,1-2H3. The van der Waals surface area contributed by atoms with Crippen LogP contribution in [0.4, 0.5) is 8.78 Å². The van der Waals surface area contributed by atoms with Crippen LogP contribution >= 0.6 is 11.6 Å². The zero-order valence-electron chi connectivity index (χ0n) is 12.8. The second kappa shape index (κ2) is 6.92. The second-order valence-electron chi connectivity index (χ2n) is 6.24. The van der Waals surface area contributed by atoms with Gasteiger partial charge in [-0.15, -0.1) is 11.6 Å². The molecule has 0 radical (unpaired) electrons. The number of carbonyl (C=O) groups excluding carboxylic acids is 1. The molecule has 0 aromatic heterocycles. The lowest BCUT2D eigenvalue weighted by molar-refractivity contribution is -0.145. The molecule has 3 nitrogen and oxygen atoms in total. The van der Waals surface area contributed by atoms with Crippen molar-refractivity contribution in [1.82, 2.24) is 10.4 Å². The molecule has 1 atom stereocenters. The molecular weight excluding hydrogens is 310 g/mol. The van der Waals surface area contributed by atoms with Crippen LogP contribution in [0.15, 0.2) is 18.2 Å². The van der Waals surface area contributed by atoms with Gasteiger partial charge in [-0.3, -0.25) is 9.80 Å². The van der Waals surface area contributed by atoms with E-state index in [0.717, 1.165) is 12.5 Å². The van der Waals surface area contributed by atoms with E-state index in [1.165, 1.54) is 12.1 Å². The highest BCUT2D eigenvalue weighted by molar-refractivity contribution is 6.17. The van der Waals surface area contributed by atoms with E-state index in [4.69, 9.17) is 11.6 Å². The van der Waals surface area contributed by atoms with Gasteiger partial charge in [0.05, 0.1) is 6.04 Å². The molecule has 0 aliphatic carbocycles. The van der Waals surface area contributed by atoms with Gasteiger partial charge in [0.15, 0.2) is 11.6 Å². The Hall–Kier alpha value is -1.20. The molecule has 1 saturated heterocycles. The third kappa shape index (κ3) is 3.58. The van der Waals surface area contributed by atoms with E-state index in [0.29, 0.717) is 30.8 Å². The first-order valence-corrected chi connectivity index (χ1v) is 7.98. The summed E-state index contributed by atoms with van der Waals surface area (Å²) in [4.78, 5) is 12.8. The van der Waals surface area contributed by atoms with Crippen molar-refractivity contribution in [3.8, 4) is 0 Å². The predicted molar refractivity (Wildman–Crippen MR) is 82.3 cm³/mol. The van der Waals surface area contributed by atoms with Gasteiger partial charge in [-0.1, -0.05) is 19.9 Å². The highest BCUT2D eigenvalue weighted by Crippen LogP contribution is 2.33. The van der Waals surface area contributed by atoms with Crippen molar-refractivity contribution in [1.29, 1.82) is 0 Å². The van der Waals surface area contributed by atoms with E-state index < -0.39 is 17.0 Å². The molecule has 0 saturated carbocycles. The van der Waals surface area contributed by atoms with Crippen molar-refractivity contribution in [3.63, 3.8) is 0 Å². The van der Waals surface area contributed by atoms with E-state index in [9.17, 15) is 13.6 Å². The summed E-state index contributed by atoms with van der Waals surface area (Å²) in [5.41, 5.74) is 3.11. The molecule has 1 fully saturated rings. The van der Waals surface area contributed by atoms with Crippen LogP contribution in [0.1, 0.15) is 44.7 Å². The van der Waals surface area contributed by atoms with E-state index in [1.807, 2.05) is 13.8 Å². The zero-order chi connectivity index (χ0) is 16.3. The quantitative estimate of drug-likeness (QED) is 0.833. The third-order valence-corrected chi connectivity index (χ3v) is 4.34. The topological polar surface area (TPSA) is 32.3 Å². The first-order valence-electron chi connectivity index (χ1n) is 7.45. The van der Waals surface area contributed by atoms with Gasteiger partial charge in [0, 0.05) is 17.8 Å². The molecule has 1 aliphatic rings. The summed E-state index contributed by atoms with van der Waals surface area (Å²) in [6, 6.07) is 3.52. The van der Waals surface area contributed by atoms with Crippen molar-refractivity contribution in [2.75, 3.05) is 12.4 Å². The molecule has 122 valence electrons. The molecule has 2 rings (SSSR count). The lowest BCUT2D eigenvalue weighted by Gasteiger charge is -2.33. The molecule has 1 aliphatic heterocycles. The van der Waals surface area contributed by atoms with Gasteiger partial charge in [-0.25, -0.2) is 14.2 Å². The summed E-state index contributed by atoms with van der Waals surface area (Å²) in [7, 11) is 0. The summed E-state index contributed by atoms with van der Waals surface area (Å²) in [6.07, 6.45) is 2.10. The van der Waals surface area contributed by atoms with Crippen LogP contribution in [0.2, 0.25) is 0 Å². The maximum atomic E-state index is 13.4. The number of carbonyl (C=O) groups is 1. The minimum Gasteiger partial charge on any atom is -0.273 e. The average molecular weight is 331 g/mol. The van der Waals surface area contributed by atoms with Crippen molar-refractivity contribution in [3.05, 3.63) is 35.4 Å². The Morgan fingerprint density at radius 2 is 2.14 bits per heavy atom. The van der Waals surface area contributed by atoms with Gasteiger partial charge in [0.25, 0.3) is 0 Å². The van der Waals surface area contributed by atoms with Crippen LogP contribution in [0, 0.1) is 17.0 Å². The number of benzene rings is 1. The minimum atomic E-state index is -0.891. The molecule has 1 unspecified atom stereocenters. The fourth-order valence-corrected chi connectivity index (χ4v) is 2.89. The highest BCUT2D eigenvalue weighted by Gasteiger charge is 2.38. The summed E-state index contributed by atoms with van der Waals surface area (Å²) < 4.78 is 26.5. The summed E-state index contributed by atoms with van der Waals surface area (Å²) in [5, 5.41) is 1.56. The third-order valence-electron chi connectivity index (χ3n) is 4.07. The molecule has 6 heteroatoms. The van der Waals surface area contributed by atoms with Gasteiger partial charge < -0.3 is 0 Å². The SMILES string of the molecule is CC(C)(CCCCl)C(=O)N1NCCC1c1ccc(F)c(F)c1. The van der Waals surface area contributed by atoms with E-state index in [2.05, 4.69) is 5.43 Å². The van der Waals surface area contributed by atoms with Crippen LogP contribution in [-0.4, -0.2) is 23.3 Å². The largest absolute Gasteiger partial charge is 0.273 e. The molecule has 1 N–H and O–H groups in total. The Labute approximate surface area is 134 Å². The average Bonchev–Trinajstić information content (AvgIpc) is 2.96. The minimum absolute atomic E-state index is 0.0511. The summed E-state index contributed by atoms with van der Waals surface area (Å²) in [5.74, 6) is -1.31. The van der Waals surface area contributed by atoms with Gasteiger partial charge in [0.2, 0.25) is 5.91 Å². The molecular formula is C16H21ClF2N2O. The molecule has 1 heterocycles. The molecule has 1 amide bonds. The lowest BCUT2D eigenvalue weighted by Crippen LogP contribution is -2.46. The van der Waals surface area contributed by atoms with Crippen molar-refractivity contribution in [2.24, 2.45) is 5.41 Å². The summed E-state index contributed by atoms with van der Waals surface area (Å²) >= 11 is 5.71. The van der Waals surface area contributed by atoms with Gasteiger partial charge in [-0.05, 0) is 37.0 Å². The maximum Gasteiger partial charge on any atom is 0.242 e. The number of nitrogens with zero attached hydrogens (tertiary/aromatic N) is 1. The molecule has 22 heavy (non-hydrogen) atoms. The van der Waals surface area contributed by atoms with Crippen molar-refractivity contribution in [2.45, 2.75) is 39.2 Å². The normalized spacial score (nSPS) is 18.8. The van der Waals surface area contributed by atoms with Crippen LogP contribution in [0.5, 0.6) is 0 Å². The Kier molecular flexibility index (Phi) is 5.40. The Morgan fingerprint density at radius 3 is 2.77 bits per heavy atom. The smallest absolute Gasteiger partial charge is 0.242 e. The fourth-order valence-electron chi connectivity index (χ4n) is 2.75. The van der Waals surface area contributed by atoms with Gasteiger partial charge >= 0.3 is 0 Å². The van der Waals surface area contributed by atoms with Crippen LogP contribution in [0.3, 0.4) is 0 Å².